The topological polar surface area (TPSA) is 88.0 Å². The molecule has 1 heterocycles. The molecule has 4 aromatic rings. The molecule has 6 nitrogen and oxygen atoms in total. The Labute approximate surface area is 206 Å². The molecule has 1 N–H and O–H groups in total. The van der Waals surface area contributed by atoms with E-state index in [4.69, 9.17) is 26.3 Å². The molecule has 0 saturated heterocycles. The lowest BCUT2D eigenvalue weighted by Crippen LogP contribution is -2.16. The zero-order valence-corrected chi connectivity index (χ0v) is 19.4. The highest BCUT2D eigenvalue weighted by molar-refractivity contribution is 6.31. The van der Waals surface area contributed by atoms with Gasteiger partial charge in [-0.25, -0.2) is 4.39 Å². The maximum Gasteiger partial charge on any atom is 0.296 e. The van der Waals surface area contributed by atoms with Crippen LogP contribution in [0.15, 0.2) is 77.7 Å². The normalized spacial score (nSPS) is 10.5. The maximum atomic E-state index is 13.0. The van der Waals surface area contributed by atoms with Gasteiger partial charge in [-0.2, -0.15) is 10.2 Å². The average Bonchev–Trinajstić information content (AvgIpc) is 2.88. The van der Waals surface area contributed by atoms with Crippen LogP contribution in [-0.2, 0) is 19.5 Å². The van der Waals surface area contributed by atoms with Gasteiger partial charge in [0.05, 0.1) is 18.2 Å². The van der Waals surface area contributed by atoms with E-state index in [-0.39, 0.29) is 11.6 Å². The van der Waals surface area contributed by atoms with E-state index in [1.807, 2.05) is 36.4 Å². The largest absolute Gasteiger partial charge is 0.464 e. The smallest absolute Gasteiger partial charge is 0.296 e. The number of H-pyrrole nitrogens is 1. The van der Waals surface area contributed by atoms with E-state index in [9.17, 15) is 9.18 Å². The summed E-state index contributed by atoms with van der Waals surface area (Å²) in [5, 5.41) is 9.25. The van der Waals surface area contributed by atoms with Crippen molar-refractivity contribution >= 4 is 11.6 Å². The van der Waals surface area contributed by atoms with E-state index < -0.39 is 6.67 Å². The van der Waals surface area contributed by atoms with Crippen LogP contribution in [-0.4, -0.2) is 16.6 Å². The van der Waals surface area contributed by atoms with Crippen molar-refractivity contribution in [2.45, 2.75) is 19.5 Å². The van der Waals surface area contributed by atoms with Crippen molar-refractivity contribution in [3.63, 3.8) is 0 Å². The number of benzene rings is 3. The van der Waals surface area contributed by atoms with Gasteiger partial charge < -0.3 is 14.5 Å². The molecule has 0 amide bonds. The second-order valence-electron chi connectivity index (χ2n) is 7.75. The number of aromatic nitrogens is 2. The predicted octanol–water partition coefficient (Wildman–Crippen LogP) is 5.77. The first-order valence-corrected chi connectivity index (χ1v) is 11.2. The molecule has 176 valence electrons. The average molecular weight is 490 g/mol. The summed E-state index contributed by atoms with van der Waals surface area (Å²) in [6.45, 7) is -0.329. The van der Waals surface area contributed by atoms with Gasteiger partial charge in [-0.05, 0) is 53.6 Å². The monoisotopic (exact) mass is 489 g/mol. The third kappa shape index (κ3) is 6.46. The van der Waals surface area contributed by atoms with E-state index >= 15 is 0 Å². The summed E-state index contributed by atoms with van der Waals surface area (Å²) in [7, 11) is 0. The summed E-state index contributed by atoms with van der Waals surface area (Å²) < 4.78 is 24.3. The molecule has 0 aliphatic carbocycles. The molecule has 0 atom stereocenters. The number of nitriles is 1. The van der Waals surface area contributed by atoms with E-state index in [0.29, 0.717) is 52.7 Å². The van der Waals surface area contributed by atoms with Crippen LogP contribution < -0.4 is 15.0 Å². The third-order valence-electron chi connectivity index (χ3n) is 5.27. The fraction of sp³-hybridized carbons (Fsp3) is 0.148. The Morgan fingerprint density at radius 3 is 2.37 bits per heavy atom. The van der Waals surface area contributed by atoms with Gasteiger partial charge >= 0.3 is 0 Å². The third-order valence-corrected chi connectivity index (χ3v) is 5.64. The number of alkyl halides is 1. The molecule has 0 fully saturated rings. The zero-order chi connectivity index (χ0) is 24.6. The SMILES string of the molecule is N#Cc1ccc(Cc2c[nH]c(OCCc3ccc(Oc4ccc(Cl)c(CF)c4)cc3)nc2=O)cc1. The molecule has 0 radical (unpaired) electrons. The summed E-state index contributed by atoms with van der Waals surface area (Å²) in [6.07, 6.45) is 2.61. The van der Waals surface area contributed by atoms with Gasteiger partial charge in [0.25, 0.3) is 11.6 Å². The van der Waals surface area contributed by atoms with Crippen LogP contribution in [0.3, 0.4) is 0 Å². The Hall–Kier alpha value is -4.15. The van der Waals surface area contributed by atoms with Crippen molar-refractivity contribution in [2.24, 2.45) is 0 Å². The van der Waals surface area contributed by atoms with Crippen molar-refractivity contribution in [1.29, 1.82) is 5.26 Å². The van der Waals surface area contributed by atoms with Crippen molar-refractivity contribution in [1.82, 2.24) is 9.97 Å². The van der Waals surface area contributed by atoms with E-state index in [1.54, 1.807) is 36.5 Å². The molecule has 0 bridgehead atoms. The molecule has 1 aromatic heterocycles. The first-order valence-electron chi connectivity index (χ1n) is 10.9. The quantitative estimate of drug-likeness (QED) is 0.322. The molecular weight excluding hydrogens is 469 g/mol. The number of halogens is 2. The molecule has 0 aliphatic rings. The lowest BCUT2D eigenvalue weighted by Gasteiger charge is -2.09. The highest BCUT2D eigenvalue weighted by Crippen LogP contribution is 2.27. The highest BCUT2D eigenvalue weighted by atomic mass is 35.5. The van der Waals surface area contributed by atoms with E-state index in [1.165, 1.54) is 0 Å². The highest BCUT2D eigenvalue weighted by Gasteiger charge is 2.07. The van der Waals surface area contributed by atoms with E-state index in [0.717, 1.165) is 11.1 Å². The van der Waals surface area contributed by atoms with Gasteiger partial charge in [-0.3, -0.25) is 4.79 Å². The van der Waals surface area contributed by atoms with Crippen LogP contribution in [0.2, 0.25) is 5.02 Å². The molecule has 3 aromatic carbocycles. The molecule has 8 heteroatoms. The van der Waals surface area contributed by atoms with Crippen LogP contribution in [0, 0.1) is 11.3 Å². The Morgan fingerprint density at radius 1 is 0.971 bits per heavy atom. The van der Waals surface area contributed by atoms with Crippen molar-refractivity contribution < 1.29 is 13.9 Å². The van der Waals surface area contributed by atoms with Gasteiger partial charge in [0.2, 0.25) is 0 Å². The second-order valence-corrected chi connectivity index (χ2v) is 8.16. The molecule has 0 unspecified atom stereocenters. The number of ether oxygens (including phenoxy) is 2. The summed E-state index contributed by atoms with van der Waals surface area (Å²) in [6, 6.07) is 21.6. The van der Waals surface area contributed by atoms with E-state index in [2.05, 4.69) is 16.0 Å². The van der Waals surface area contributed by atoms with Crippen LogP contribution in [0.4, 0.5) is 4.39 Å². The lowest BCUT2D eigenvalue weighted by molar-refractivity contribution is 0.295. The molecular formula is C27H21ClFN3O3. The summed E-state index contributed by atoms with van der Waals surface area (Å²) in [5.74, 6) is 1.13. The Balaban J connectivity index is 1.29. The first kappa shape index (κ1) is 24.0. The molecule has 0 aliphatic heterocycles. The Kier molecular flexibility index (Phi) is 7.76. The predicted molar refractivity (Wildman–Crippen MR) is 131 cm³/mol. The van der Waals surface area contributed by atoms with Gasteiger partial charge in [0.15, 0.2) is 0 Å². The number of hydrogen-bond acceptors (Lipinski definition) is 5. The second kappa shape index (κ2) is 11.3. The van der Waals surface area contributed by atoms with Gasteiger partial charge in [-0.1, -0.05) is 35.9 Å². The molecule has 4 rings (SSSR count). The van der Waals surface area contributed by atoms with Gasteiger partial charge in [-0.15, -0.1) is 0 Å². The number of rotatable bonds is 9. The number of nitrogens with zero attached hydrogens (tertiary/aromatic N) is 2. The summed E-state index contributed by atoms with van der Waals surface area (Å²) in [5.41, 5.74) is 3.03. The summed E-state index contributed by atoms with van der Waals surface area (Å²) in [4.78, 5) is 19.2. The van der Waals surface area contributed by atoms with Gasteiger partial charge in [0, 0.05) is 35.2 Å². The maximum absolute atomic E-state index is 13.0. The van der Waals surface area contributed by atoms with Crippen LogP contribution in [0.25, 0.3) is 0 Å². The fourth-order valence-corrected chi connectivity index (χ4v) is 3.54. The van der Waals surface area contributed by atoms with Crippen LogP contribution in [0.1, 0.15) is 27.8 Å². The fourth-order valence-electron chi connectivity index (χ4n) is 3.37. The Morgan fingerprint density at radius 2 is 1.69 bits per heavy atom. The molecule has 0 saturated carbocycles. The minimum atomic E-state index is -0.658. The lowest BCUT2D eigenvalue weighted by atomic mass is 10.1. The number of aromatic amines is 1. The van der Waals surface area contributed by atoms with Crippen molar-refractivity contribution in [3.8, 4) is 23.6 Å². The molecule has 0 spiro atoms. The zero-order valence-electron chi connectivity index (χ0n) is 18.6. The van der Waals surface area contributed by atoms with Crippen molar-refractivity contribution in [2.75, 3.05) is 6.61 Å². The van der Waals surface area contributed by atoms with Crippen molar-refractivity contribution in [3.05, 3.63) is 116 Å². The number of hydrogen-bond donors (Lipinski definition) is 1. The van der Waals surface area contributed by atoms with Crippen LogP contribution in [0.5, 0.6) is 17.5 Å². The van der Waals surface area contributed by atoms with Gasteiger partial charge in [0.1, 0.15) is 18.2 Å². The Bertz CT molecular complexity index is 1400. The number of nitrogens with one attached hydrogen (secondary N) is 1. The molecule has 35 heavy (non-hydrogen) atoms. The minimum Gasteiger partial charge on any atom is -0.464 e. The minimum absolute atomic E-state index is 0.157. The first-order chi connectivity index (χ1) is 17.0. The van der Waals surface area contributed by atoms with Crippen LogP contribution >= 0.6 is 11.6 Å². The standard InChI is InChI=1S/C27H21ClFN3O3/c28-25-10-9-24(14-21(25)15-29)35-23-7-5-18(6-8-23)11-12-34-27-31-17-22(26(33)32-27)13-19-1-3-20(16-30)4-2-19/h1-10,14,17H,11-13,15H2,(H,31,32,33). The summed E-state index contributed by atoms with van der Waals surface area (Å²) >= 11 is 5.93.